The first kappa shape index (κ1) is 33.9. The molecule has 248 valence electrons. The minimum Gasteiger partial charge on any atom is -0.518 e. The molecule has 0 radical (unpaired) electrons. The van der Waals surface area contributed by atoms with E-state index in [4.69, 9.17) is 0 Å². The van der Waals surface area contributed by atoms with E-state index in [9.17, 15) is 0 Å². The number of fused-ring (bicyclic) bond motifs is 3. The van der Waals surface area contributed by atoms with Gasteiger partial charge in [0.25, 0.3) is 0 Å². The molecule has 1 aromatic heterocycles. The molecule has 0 spiro atoms. The maximum Gasteiger partial charge on any atom is 4.00 e. The molecular weight excluding hydrogens is 963 g/mol. The fraction of sp³-hybridized carbons (Fsp3) is 0.167. The Morgan fingerprint density at radius 1 is 0.500 bits per heavy atom. The van der Waals surface area contributed by atoms with E-state index in [-0.39, 0.29) is 42.1 Å². The number of nitrogens with zero attached hydrogens (tertiary/aromatic N) is 10. The molecule has 0 amide bonds. The Balaban J connectivity index is 0.00000201. The zero-order chi connectivity index (χ0) is 31.7. The predicted octanol–water partition coefficient (Wildman–Crippen LogP) is 5.41. The standard InChI is InChI=1S/C36H34N10.2Pt/c1-37(2)36-34(44-17-13-40(5)25-44)21-29(22-35(36)45-18-14-41(6)26-45)46-32-19-27(42-15-11-38(3)23-42)7-9-30(32)31-10-8-28(20-33(31)46)43-16-12-39(4)24-43;;/h7-18,23-26H,1-6H3;;/q-8;2*+4. The second kappa shape index (κ2) is 13.1. The van der Waals surface area contributed by atoms with Crippen LogP contribution in [0.15, 0.2) is 73.9 Å². The molecule has 0 fully saturated rings. The van der Waals surface area contributed by atoms with Crippen molar-refractivity contribution in [2.75, 3.05) is 66.8 Å². The zero-order valence-electron chi connectivity index (χ0n) is 27.3. The Hall–Kier alpha value is -4.00. The number of anilines is 5. The average molecular weight is 997 g/mol. The third kappa shape index (κ3) is 5.83. The summed E-state index contributed by atoms with van der Waals surface area (Å²) in [5, 5.41) is 2.16. The monoisotopic (exact) mass is 996 g/mol. The van der Waals surface area contributed by atoms with Gasteiger partial charge in [-0.15, -0.1) is 23.5 Å². The van der Waals surface area contributed by atoms with Gasteiger partial charge in [-0.25, -0.2) is 17.1 Å². The molecular formula is C36H34N10Pt2. The third-order valence-electron chi connectivity index (χ3n) is 8.30. The van der Waals surface area contributed by atoms with Crippen LogP contribution in [0, 0.1) is 50.9 Å². The Morgan fingerprint density at radius 3 is 1.21 bits per heavy atom. The fourth-order valence-electron chi connectivity index (χ4n) is 6.11. The summed E-state index contributed by atoms with van der Waals surface area (Å²) in [4.78, 5) is 18.6. The largest absolute Gasteiger partial charge is 4.00 e. The Labute approximate surface area is 312 Å². The van der Waals surface area contributed by atoms with Crippen molar-refractivity contribution in [2.45, 2.75) is 0 Å². The van der Waals surface area contributed by atoms with Crippen molar-refractivity contribution in [3.8, 4) is 5.69 Å². The summed E-state index contributed by atoms with van der Waals surface area (Å²) < 4.78 is 2.20. The van der Waals surface area contributed by atoms with Crippen LogP contribution in [0.5, 0.6) is 0 Å². The maximum absolute atomic E-state index is 3.79. The Morgan fingerprint density at radius 2 is 0.875 bits per heavy atom. The molecule has 5 heterocycles. The average Bonchev–Trinajstić information content (AvgIpc) is 3.88. The molecule has 0 unspecified atom stereocenters. The number of rotatable bonds is 6. The molecule has 0 bridgehead atoms. The van der Waals surface area contributed by atoms with E-state index in [2.05, 4.69) is 117 Å². The van der Waals surface area contributed by atoms with E-state index in [1.807, 2.05) is 98.3 Å². The second-order valence-electron chi connectivity index (χ2n) is 12.0. The first-order valence-electron chi connectivity index (χ1n) is 15.0. The number of hydrogen-bond acceptors (Lipinski definition) is 9. The quantitative estimate of drug-likeness (QED) is 0.236. The van der Waals surface area contributed by atoms with Crippen molar-refractivity contribution < 1.29 is 42.1 Å². The topological polar surface area (TPSA) is 34.1 Å². The predicted molar refractivity (Wildman–Crippen MR) is 185 cm³/mol. The van der Waals surface area contributed by atoms with Crippen LogP contribution in [0.25, 0.3) is 27.5 Å². The van der Waals surface area contributed by atoms with E-state index in [0.29, 0.717) is 0 Å². The number of aromatic nitrogens is 1. The van der Waals surface area contributed by atoms with Gasteiger partial charge < -0.3 is 60.8 Å². The second-order valence-corrected chi connectivity index (χ2v) is 12.0. The van der Waals surface area contributed by atoms with Crippen LogP contribution in [-0.2, 0) is 42.1 Å². The Kier molecular flexibility index (Phi) is 9.27. The SMILES string of the molecule is CN1C=CN(c2[c-]c3c(cc2)c2ccc(N4C=CN(C)[CH-]4)[c-]c2n3-c2[c-]c(N3C=CN(C)[CH-]3)c(N(C)C)c(N3C=CN(C)[CH-]3)[c-]2)[CH-]1.[Pt+4].[Pt+4]. The molecule has 10 nitrogen and oxygen atoms in total. The van der Waals surface area contributed by atoms with E-state index >= 15 is 0 Å². The summed E-state index contributed by atoms with van der Waals surface area (Å²) in [6, 6.07) is 23.7. The minimum atomic E-state index is 0. The van der Waals surface area contributed by atoms with Crippen molar-refractivity contribution in [3.05, 3.63) is 125 Å². The molecule has 4 aromatic rings. The maximum atomic E-state index is 3.79. The molecule has 0 saturated carbocycles. The van der Waals surface area contributed by atoms with Crippen molar-refractivity contribution in [1.82, 2.24) is 24.2 Å². The van der Waals surface area contributed by atoms with Crippen LogP contribution < -0.4 is 24.5 Å². The van der Waals surface area contributed by atoms with E-state index < -0.39 is 0 Å². The summed E-state index contributed by atoms with van der Waals surface area (Å²) in [7, 11) is 12.2. The fourth-order valence-corrected chi connectivity index (χ4v) is 6.11. The normalized spacial score (nSPS) is 16.9. The van der Waals surface area contributed by atoms with Gasteiger partial charge >= 0.3 is 42.1 Å². The van der Waals surface area contributed by atoms with Crippen LogP contribution >= 0.6 is 0 Å². The van der Waals surface area contributed by atoms with Gasteiger partial charge in [0.2, 0.25) is 0 Å². The van der Waals surface area contributed by atoms with Crippen molar-refractivity contribution in [3.63, 3.8) is 0 Å². The Bertz CT molecular complexity index is 1830. The van der Waals surface area contributed by atoms with E-state index in [1.165, 1.54) is 0 Å². The third-order valence-corrected chi connectivity index (χ3v) is 8.30. The number of hydrogen-bond donors (Lipinski definition) is 0. The van der Waals surface area contributed by atoms with E-state index in [1.54, 1.807) is 0 Å². The van der Waals surface area contributed by atoms with Gasteiger partial charge in [-0.2, -0.15) is 67.4 Å². The van der Waals surface area contributed by atoms with Gasteiger partial charge in [-0.1, -0.05) is 11.0 Å². The molecule has 12 heteroatoms. The van der Waals surface area contributed by atoms with Gasteiger partial charge in [0, 0.05) is 0 Å². The van der Waals surface area contributed by atoms with E-state index in [0.717, 1.165) is 55.9 Å². The van der Waals surface area contributed by atoms with Crippen LogP contribution in [0.4, 0.5) is 28.4 Å². The summed E-state index contributed by atoms with van der Waals surface area (Å²) in [6.07, 6.45) is 16.3. The first-order valence-corrected chi connectivity index (χ1v) is 15.0. The summed E-state index contributed by atoms with van der Waals surface area (Å²) in [5.74, 6) is 0. The molecule has 4 aliphatic rings. The van der Waals surface area contributed by atoms with Gasteiger partial charge in [-0.3, -0.25) is 0 Å². The molecule has 4 aliphatic heterocycles. The molecule has 0 aliphatic carbocycles. The van der Waals surface area contributed by atoms with Gasteiger partial charge in [0.05, 0.1) is 0 Å². The van der Waals surface area contributed by atoms with Crippen LogP contribution in [0.3, 0.4) is 0 Å². The van der Waals surface area contributed by atoms with Gasteiger partial charge in [0.1, 0.15) is 0 Å². The van der Waals surface area contributed by atoms with Crippen molar-refractivity contribution in [1.29, 1.82) is 0 Å². The summed E-state index contributed by atoms with van der Waals surface area (Å²) in [5.41, 5.74) is 7.30. The van der Waals surface area contributed by atoms with Gasteiger partial charge in [-0.05, 0) is 91.9 Å². The summed E-state index contributed by atoms with van der Waals surface area (Å²) >= 11 is 0. The van der Waals surface area contributed by atoms with Crippen LogP contribution in [0.2, 0.25) is 0 Å². The molecule has 8 rings (SSSR count). The van der Waals surface area contributed by atoms with Crippen molar-refractivity contribution >= 4 is 50.2 Å². The van der Waals surface area contributed by atoms with Gasteiger partial charge in [0.15, 0.2) is 0 Å². The van der Waals surface area contributed by atoms with Crippen LogP contribution in [-0.4, -0.2) is 66.5 Å². The van der Waals surface area contributed by atoms with Crippen molar-refractivity contribution in [2.24, 2.45) is 0 Å². The smallest absolute Gasteiger partial charge is 0.518 e. The molecule has 3 aromatic carbocycles. The first-order chi connectivity index (χ1) is 22.2. The zero-order valence-corrected chi connectivity index (χ0v) is 31.9. The number of benzene rings is 3. The molecule has 0 saturated heterocycles. The minimum absolute atomic E-state index is 0. The molecule has 48 heavy (non-hydrogen) atoms. The molecule has 0 atom stereocenters. The van der Waals surface area contributed by atoms with Crippen LogP contribution in [0.1, 0.15) is 0 Å². The summed E-state index contributed by atoms with van der Waals surface area (Å²) in [6.45, 7) is 8.19. The molecule has 0 N–H and O–H groups in total.